The predicted octanol–water partition coefficient (Wildman–Crippen LogP) is 4.03. The molecule has 0 heterocycles. The molecule has 0 unspecified atom stereocenters. The summed E-state index contributed by atoms with van der Waals surface area (Å²) < 4.78 is 5.43. The third kappa shape index (κ3) is 4.76. The molecule has 0 aromatic heterocycles. The molecule has 2 aromatic rings. The van der Waals surface area contributed by atoms with Crippen LogP contribution in [0.3, 0.4) is 0 Å². The first-order valence-corrected chi connectivity index (χ1v) is 9.08. The highest BCUT2D eigenvalue weighted by Gasteiger charge is 2.20. The maximum Gasteiger partial charge on any atom is 0.262 e. The van der Waals surface area contributed by atoms with Crippen LogP contribution in [0.1, 0.15) is 36.0 Å². The molecule has 1 fully saturated rings. The van der Waals surface area contributed by atoms with E-state index in [1.165, 1.54) is 0 Å². The largest absolute Gasteiger partial charge is 0.482 e. The second-order valence-electron chi connectivity index (χ2n) is 6.27. The van der Waals surface area contributed by atoms with Gasteiger partial charge in [0, 0.05) is 6.04 Å². The van der Waals surface area contributed by atoms with Crippen molar-refractivity contribution in [2.45, 2.75) is 31.7 Å². The number of para-hydroxylation sites is 2. The van der Waals surface area contributed by atoms with Gasteiger partial charge in [0.15, 0.2) is 6.61 Å². The van der Waals surface area contributed by atoms with Crippen molar-refractivity contribution < 1.29 is 14.3 Å². The van der Waals surface area contributed by atoms with E-state index in [4.69, 9.17) is 16.3 Å². The lowest BCUT2D eigenvalue weighted by molar-refractivity contribution is -0.118. The molecule has 136 valence electrons. The lowest BCUT2D eigenvalue weighted by atomic mass is 10.1. The van der Waals surface area contributed by atoms with Gasteiger partial charge in [-0.15, -0.1) is 0 Å². The number of hydrogen-bond donors (Lipinski definition) is 2. The van der Waals surface area contributed by atoms with E-state index in [0.29, 0.717) is 22.0 Å². The summed E-state index contributed by atoms with van der Waals surface area (Å²) in [6.07, 6.45) is 4.29. The molecule has 3 rings (SSSR count). The molecule has 2 aromatic carbocycles. The van der Waals surface area contributed by atoms with Crippen LogP contribution in [0.2, 0.25) is 5.02 Å². The van der Waals surface area contributed by atoms with Crippen LogP contribution in [0.15, 0.2) is 48.5 Å². The van der Waals surface area contributed by atoms with Gasteiger partial charge in [0.05, 0.1) is 16.3 Å². The maximum absolute atomic E-state index is 12.5. The van der Waals surface area contributed by atoms with Gasteiger partial charge in [0.2, 0.25) is 0 Å². The number of ether oxygens (including phenoxy) is 1. The Morgan fingerprint density at radius 1 is 1.04 bits per heavy atom. The average Bonchev–Trinajstić information content (AvgIpc) is 3.14. The van der Waals surface area contributed by atoms with Crippen molar-refractivity contribution in [3.8, 4) is 5.75 Å². The zero-order valence-corrected chi connectivity index (χ0v) is 15.1. The highest BCUT2D eigenvalue weighted by atomic mass is 35.5. The van der Waals surface area contributed by atoms with Gasteiger partial charge in [-0.2, -0.15) is 0 Å². The van der Waals surface area contributed by atoms with Crippen LogP contribution < -0.4 is 15.4 Å². The fourth-order valence-corrected chi connectivity index (χ4v) is 3.21. The number of benzene rings is 2. The van der Waals surface area contributed by atoms with Gasteiger partial charge in [-0.25, -0.2) is 0 Å². The minimum absolute atomic E-state index is 0.167. The van der Waals surface area contributed by atoms with Gasteiger partial charge in [-0.05, 0) is 37.1 Å². The zero-order chi connectivity index (χ0) is 18.4. The normalized spacial score (nSPS) is 14.0. The topological polar surface area (TPSA) is 67.4 Å². The Morgan fingerprint density at radius 2 is 1.73 bits per heavy atom. The van der Waals surface area contributed by atoms with Crippen LogP contribution in [0.4, 0.5) is 5.69 Å². The summed E-state index contributed by atoms with van der Waals surface area (Å²) in [5.74, 6) is -0.0811. The second-order valence-corrected chi connectivity index (χ2v) is 6.67. The van der Waals surface area contributed by atoms with Crippen molar-refractivity contribution in [3.05, 3.63) is 59.1 Å². The average molecular weight is 373 g/mol. The summed E-state index contributed by atoms with van der Waals surface area (Å²) in [5, 5.41) is 6.21. The Hall–Kier alpha value is -2.53. The molecule has 1 saturated carbocycles. The van der Waals surface area contributed by atoms with Crippen LogP contribution in [0, 0.1) is 0 Å². The molecular formula is C20H21ClN2O3. The Morgan fingerprint density at radius 3 is 2.50 bits per heavy atom. The smallest absolute Gasteiger partial charge is 0.262 e. The van der Waals surface area contributed by atoms with E-state index in [-0.39, 0.29) is 24.5 Å². The molecule has 0 aliphatic heterocycles. The number of carbonyl (C=O) groups excluding carboxylic acids is 2. The lowest BCUT2D eigenvalue weighted by Gasteiger charge is -2.15. The summed E-state index contributed by atoms with van der Waals surface area (Å²) in [5.41, 5.74) is 0.918. The quantitative estimate of drug-likeness (QED) is 0.804. The molecule has 0 radical (unpaired) electrons. The summed E-state index contributed by atoms with van der Waals surface area (Å²) in [4.78, 5) is 24.7. The van der Waals surface area contributed by atoms with E-state index in [1.807, 2.05) is 0 Å². The van der Waals surface area contributed by atoms with Crippen LogP contribution in [0.25, 0.3) is 0 Å². The van der Waals surface area contributed by atoms with Crippen LogP contribution >= 0.6 is 11.6 Å². The molecule has 0 saturated heterocycles. The van der Waals surface area contributed by atoms with Crippen molar-refractivity contribution >= 4 is 29.1 Å². The molecule has 0 atom stereocenters. The molecular weight excluding hydrogens is 352 g/mol. The Bertz CT molecular complexity index is 788. The van der Waals surface area contributed by atoms with Crippen molar-refractivity contribution in [1.29, 1.82) is 0 Å². The first-order valence-electron chi connectivity index (χ1n) is 8.70. The number of carbonyl (C=O) groups is 2. The molecule has 2 N–H and O–H groups in total. The lowest BCUT2D eigenvalue weighted by Crippen LogP contribution is -2.33. The Labute approximate surface area is 157 Å². The minimum Gasteiger partial charge on any atom is -0.482 e. The molecule has 0 spiro atoms. The molecule has 2 amide bonds. The molecule has 5 nitrogen and oxygen atoms in total. The summed E-state index contributed by atoms with van der Waals surface area (Å²) in [7, 11) is 0. The van der Waals surface area contributed by atoms with Crippen molar-refractivity contribution in [2.75, 3.05) is 11.9 Å². The SMILES string of the molecule is O=C(COc1ccccc1Cl)Nc1ccccc1C(=O)NC1CCCC1. The van der Waals surface area contributed by atoms with Crippen LogP contribution in [0.5, 0.6) is 5.75 Å². The molecule has 6 heteroatoms. The number of amides is 2. The fourth-order valence-electron chi connectivity index (χ4n) is 3.01. The molecule has 26 heavy (non-hydrogen) atoms. The fraction of sp³-hybridized carbons (Fsp3) is 0.300. The van der Waals surface area contributed by atoms with E-state index in [2.05, 4.69) is 10.6 Å². The van der Waals surface area contributed by atoms with E-state index in [1.54, 1.807) is 48.5 Å². The van der Waals surface area contributed by atoms with Gasteiger partial charge in [0.1, 0.15) is 5.75 Å². The Kier molecular flexibility index (Phi) is 6.12. The van der Waals surface area contributed by atoms with E-state index >= 15 is 0 Å². The van der Waals surface area contributed by atoms with E-state index in [9.17, 15) is 9.59 Å². The highest BCUT2D eigenvalue weighted by molar-refractivity contribution is 6.32. The van der Waals surface area contributed by atoms with E-state index < -0.39 is 0 Å². The maximum atomic E-state index is 12.5. The third-order valence-electron chi connectivity index (χ3n) is 4.33. The van der Waals surface area contributed by atoms with Gasteiger partial charge >= 0.3 is 0 Å². The van der Waals surface area contributed by atoms with Gasteiger partial charge in [-0.1, -0.05) is 48.7 Å². The number of rotatable bonds is 6. The summed E-state index contributed by atoms with van der Waals surface area (Å²) in [6.45, 7) is -0.192. The summed E-state index contributed by atoms with van der Waals surface area (Å²) in [6, 6.07) is 14.1. The van der Waals surface area contributed by atoms with Gasteiger partial charge < -0.3 is 15.4 Å². The van der Waals surface area contributed by atoms with Gasteiger partial charge in [0.25, 0.3) is 11.8 Å². The van der Waals surface area contributed by atoms with E-state index in [0.717, 1.165) is 25.7 Å². The number of halogens is 1. The number of anilines is 1. The van der Waals surface area contributed by atoms with Crippen molar-refractivity contribution in [2.24, 2.45) is 0 Å². The second kappa shape index (κ2) is 8.72. The predicted molar refractivity (Wildman–Crippen MR) is 102 cm³/mol. The third-order valence-corrected chi connectivity index (χ3v) is 4.64. The van der Waals surface area contributed by atoms with Crippen LogP contribution in [-0.2, 0) is 4.79 Å². The zero-order valence-electron chi connectivity index (χ0n) is 14.3. The molecule has 1 aliphatic carbocycles. The number of nitrogens with one attached hydrogen (secondary N) is 2. The molecule has 1 aliphatic rings. The Balaban J connectivity index is 1.61. The van der Waals surface area contributed by atoms with Crippen LogP contribution in [-0.4, -0.2) is 24.5 Å². The molecule has 0 bridgehead atoms. The number of hydrogen-bond acceptors (Lipinski definition) is 3. The first-order chi connectivity index (χ1) is 12.6. The highest BCUT2D eigenvalue weighted by Crippen LogP contribution is 2.23. The standard InChI is InChI=1S/C20H21ClN2O3/c21-16-10-4-6-12-18(16)26-13-19(24)23-17-11-5-3-9-15(17)20(25)22-14-7-1-2-8-14/h3-6,9-12,14H,1-2,7-8,13H2,(H,22,25)(H,23,24). The summed E-state index contributed by atoms with van der Waals surface area (Å²) >= 11 is 6.01. The van der Waals surface area contributed by atoms with Crippen molar-refractivity contribution in [1.82, 2.24) is 5.32 Å². The first kappa shape index (κ1) is 18.3. The van der Waals surface area contributed by atoms with Crippen molar-refractivity contribution in [3.63, 3.8) is 0 Å². The van der Waals surface area contributed by atoms with Gasteiger partial charge in [-0.3, -0.25) is 9.59 Å². The minimum atomic E-state index is -0.356. The monoisotopic (exact) mass is 372 g/mol.